The quantitative estimate of drug-likeness (QED) is 0.272. The molecule has 1 aliphatic heterocycles. The molecule has 3 aromatic carbocycles. The molecule has 0 spiro atoms. The van der Waals surface area contributed by atoms with Crippen molar-refractivity contribution in [2.24, 2.45) is 0 Å². The van der Waals surface area contributed by atoms with Crippen molar-refractivity contribution in [1.82, 2.24) is 9.78 Å². The molecule has 2 heterocycles. The predicted octanol–water partition coefficient (Wildman–Crippen LogP) is 5.23. The van der Waals surface area contributed by atoms with Crippen LogP contribution in [0.15, 0.2) is 84.2 Å². The maximum atomic E-state index is 13.8. The highest BCUT2D eigenvalue weighted by Crippen LogP contribution is 2.40. The molecule has 11 heteroatoms. The van der Waals surface area contributed by atoms with E-state index in [0.717, 1.165) is 0 Å². The number of hydrogen-bond acceptors (Lipinski definition) is 7. The monoisotopic (exact) mass is 557 g/mol. The van der Waals surface area contributed by atoms with Crippen molar-refractivity contribution < 1.29 is 28.2 Å². The van der Waals surface area contributed by atoms with E-state index in [1.54, 1.807) is 55.1 Å². The Labute approximate surface area is 235 Å². The summed E-state index contributed by atoms with van der Waals surface area (Å²) in [5.41, 5.74) is 2.84. The van der Waals surface area contributed by atoms with Crippen LogP contribution in [0.4, 0.5) is 21.6 Å². The van der Waals surface area contributed by atoms with Crippen LogP contribution in [0, 0.1) is 5.82 Å². The number of fused-ring (bicyclic) bond motifs is 1. The molecule has 10 nitrogen and oxygen atoms in total. The molecule has 0 saturated heterocycles. The van der Waals surface area contributed by atoms with Crippen molar-refractivity contribution in [2.75, 3.05) is 37.3 Å². The summed E-state index contributed by atoms with van der Waals surface area (Å²) in [5, 5.41) is 13.4. The number of nitrogens with zero attached hydrogens (tertiary/aromatic N) is 2. The first-order valence-electron chi connectivity index (χ1n) is 12.6. The minimum absolute atomic E-state index is 0.244. The van der Waals surface area contributed by atoms with E-state index >= 15 is 0 Å². The van der Waals surface area contributed by atoms with E-state index < -0.39 is 17.8 Å². The summed E-state index contributed by atoms with van der Waals surface area (Å²) in [5.74, 6) is 0.825. The number of ether oxygens (including phenoxy) is 3. The van der Waals surface area contributed by atoms with Gasteiger partial charge in [-0.05, 0) is 73.2 Å². The third kappa shape index (κ3) is 5.42. The van der Waals surface area contributed by atoms with E-state index in [2.05, 4.69) is 21.0 Å². The Morgan fingerprint density at radius 2 is 1.49 bits per heavy atom. The van der Waals surface area contributed by atoms with E-state index in [4.69, 9.17) is 14.2 Å². The SMILES string of the molecule is COc1ccc(NC(=O)C2=C(C)Nc3c(C(=O)Nc4ccc(F)cc4)cnn3C2c2ccc(OC)c(OC)c2)cc1. The van der Waals surface area contributed by atoms with Crippen molar-refractivity contribution in [1.29, 1.82) is 0 Å². The molecule has 0 bridgehead atoms. The summed E-state index contributed by atoms with van der Waals surface area (Å²) in [7, 11) is 4.64. The second kappa shape index (κ2) is 11.4. The molecule has 0 aliphatic carbocycles. The Morgan fingerprint density at radius 1 is 0.854 bits per heavy atom. The number of halogens is 1. The molecule has 5 rings (SSSR count). The van der Waals surface area contributed by atoms with Crippen molar-refractivity contribution in [3.8, 4) is 17.2 Å². The van der Waals surface area contributed by atoms with Gasteiger partial charge in [0.05, 0.1) is 33.1 Å². The van der Waals surface area contributed by atoms with E-state index in [1.165, 1.54) is 44.7 Å². The van der Waals surface area contributed by atoms with Crippen LogP contribution < -0.4 is 30.2 Å². The molecular formula is C30H28FN5O5. The largest absolute Gasteiger partial charge is 0.497 e. The molecular weight excluding hydrogens is 529 g/mol. The molecule has 1 aromatic heterocycles. The van der Waals surface area contributed by atoms with Crippen LogP contribution >= 0.6 is 0 Å². The minimum atomic E-state index is -0.725. The smallest absolute Gasteiger partial charge is 0.261 e. The second-order valence-corrected chi connectivity index (χ2v) is 9.18. The van der Waals surface area contributed by atoms with Gasteiger partial charge in [0.25, 0.3) is 11.8 Å². The summed E-state index contributed by atoms with van der Waals surface area (Å²) in [6.07, 6.45) is 1.42. The van der Waals surface area contributed by atoms with Crippen LogP contribution in [0.1, 0.15) is 28.9 Å². The lowest BCUT2D eigenvalue weighted by Crippen LogP contribution is -2.32. The van der Waals surface area contributed by atoms with Crippen LogP contribution in [-0.2, 0) is 4.79 Å². The zero-order valence-corrected chi connectivity index (χ0v) is 22.8. The molecule has 0 radical (unpaired) electrons. The lowest BCUT2D eigenvalue weighted by Gasteiger charge is -2.30. The standard InChI is InChI=1S/C30H28FN5O5/c1-17-26(30(38)35-21-10-12-22(39-2)13-11-21)27(18-5-14-24(40-3)25(15-18)41-4)36-28(33-17)23(16-32-36)29(37)34-20-8-6-19(31)7-9-20/h5-16,27,33H,1-4H3,(H,34,37)(H,35,38). The lowest BCUT2D eigenvalue weighted by atomic mass is 9.94. The normalized spacial score (nSPS) is 14.0. The lowest BCUT2D eigenvalue weighted by molar-refractivity contribution is -0.113. The zero-order valence-electron chi connectivity index (χ0n) is 22.8. The molecule has 210 valence electrons. The summed E-state index contributed by atoms with van der Waals surface area (Å²) >= 11 is 0. The molecule has 1 aliphatic rings. The number of nitrogens with one attached hydrogen (secondary N) is 3. The number of allylic oxidation sites excluding steroid dienone is 1. The Balaban J connectivity index is 1.55. The fraction of sp³-hybridized carbons (Fsp3) is 0.167. The Bertz CT molecular complexity index is 1630. The van der Waals surface area contributed by atoms with Gasteiger partial charge in [0, 0.05) is 17.1 Å². The third-order valence-electron chi connectivity index (χ3n) is 6.69. The second-order valence-electron chi connectivity index (χ2n) is 9.18. The molecule has 0 fully saturated rings. The van der Waals surface area contributed by atoms with Gasteiger partial charge in [-0.25, -0.2) is 9.07 Å². The highest BCUT2D eigenvalue weighted by Gasteiger charge is 2.36. The first-order valence-corrected chi connectivity index (χ1v) is 12.6. The van der Waals surface area contributed by atoms with E-state index in [9.17, 15) is 14.0 Å². The van der Waals surface area contributed by atoms with Gasteiger partial charge in [0.15, 0.2) is 11.5 Å². The average Bonchev–Trinajstić information content (AvgIpc) is 3.41. The minimum Gasteiger partial charge on any atom is -0.497 e. The highest BCUT2D eigenvalue weighted by molar-refractivity contribution is 6.09. The van der Waals surface area contributed by atoms with Crippen LogP contribution in [0.2, 0.25) is 0 Å². The third-order valence-corrected chi connectivity index (χ3v) is 6.69. The number of rotatable bonds is 8. The van der Waals surface area contributed by atoms with Crippen LogP contribution in [-0.4, -0.2) is 42.9 Å². The fourth-order valence-electron chi connectivity index (χ4n) is 4.65. The van der Waals surface area contributed by atoms with Gasteiger partial charge in [-0.3, -0.25) is 9.59 Å². The summed E-state index contributed by atoms with van der Waals surface area (Å²) in [6, 6.07) is 17.0. The molecule has 4 aromatic rings. The molecule has 3 N–H and O–H groups in total. The predicted molar refractivity (Wildman–Crippen MR) is 152 cm³/mol. The number of methoxy groups -OCH3 is 3. The van der Waals surface area contributed by atoms with Gasteiger partial charge in [0.1, 0.15) is 29.0 Å². The number of carbonyl (C=O) groups is 2. The molecule has 0 saturated carbocycles. The Hall–Kier alpha value is -5.32. The van der Waals surface area contributed by atoms with Gasteiger partial charge < -0.3 is 30.2 Å². The van der Waals surface area contributed by atoms with Crippen LogP contribution in [0.3, 0.4) is 0 Å². The first kappa shape index (κ1) is 27.3. The van der Waals surface area contributed by atoms with Crippen molar-refractivity contribution >= 4 is 29.0 Å². The van der Waals surface area contributed by atoms with Crippen LogP contribution in [0.5, 0.6) is 17.2 Å². The number of amides is 2. The van der Waals surface area contributed by atoms with E-state index in [0.29, 0.717) is 51.3 Å². The van der Waals surface area contributed by atoms with Crippen molar-refractivity contribution in [3.05, 3.63) is 101 Å². The van der Waals surface area contributed by atoms with Gasteiger partial charge >= 0.3 is 0 Å². The van der Waals surface area contributed by atoms with Crippen molar-refractivity contribution in [2.45, 2.75) is 13.0 Å². The first-order chi connectivity index (χ1) is 19.8. The zero-order chi connectivity index (χ0) is 29.1. The maximum Gasteiger partial charge on any atom is 0.261 e. The molecule has 2 amide bonds. The number of hydrogen-bond donors (Lipinski definition) is 3. The van der Waals surface area contributed by atoms with Gasteiger partial charge in [-0.1, -0.05) is 6.07 Å². The van der Waals surface area contributed by atoms with Gasteiger partial charge in [0.2, 0.25) is 0 Å². The summed E-state index contributed by atoms with van der Waals surface area (Å²) in [4.78, 5) is 27.0. The fourth-order valence-corrected chi connectivity index (χ4v) is 4.65. The Morgan fingerprint density at radius 3 is 2.12 bits per heavy atom. The molecule has 1 atom stereocenters. The van der Waals surface area contributed by atoms with Gasteiger partial charge in [-0.15, -0.1) is 0 Å². The van der Waals surface area contributed by atoms with Gasteiger partial charge in [-0.2, -0.15) is 5.10 Å². The number of benzene rings is 3. The van der Waals surface area contributed by atoms with Crippen LogP contribution in [0.25, 0.3) is 0 Å². The number of anilines is 3. The average molecular weight is 558 g/mol. The summed E-state index contributed by atoms with van der Waals surface area (Å²) < 4.78 is 31.1. The Kier molecular flexibility index (Phi) is 7.59. The summed E-state index contributed by atoms with van der Waals surface area (Å²) in [6.45, 7) is 1.76. The molecule has 1 unspecified atom stereocenters. The van der Waals surface area contributed by atoms with E-state index in [1.807, 2.05) is 6.07 Å². The molecule has 41 heavy (non-hydrogen) atoms. The maximum absolute atomic E-state index is 13.8. The topological polar surface area (TPSA) is 116 Å². The van der Waals surface area contributed by atoms with E-state index in [-0.39, 0.29) is 11.5 Å². The number of aromatic nitrogens is 2. The highest BCUT2D eigenvalue weighted by atomic mass is 19.1. The number of carbonyl (C=O) groups excluding carboxylic acids is 2. The van der Waals surface area contributed by atoms with Crippen molar-refractivity contribution in [3.63, 3.8) is 0 Å².